The monoisotopic (exact) mass is 461 g/mol. The fourth-order valence-electron chi connectivity index (χ4n) is 3.83. The lowest BCUT2D eigenvalue weighted by Crippen LogP contribution is -2.36. The zero-order valence-electron chi connectivity index (χ0n) is 17.2. The predicted molar refractivity (Wildman–Crippen MR) is 119 cm³/mol. The smallest absolute Gasteiger partial charge is 0.314 e. The maximum absolute atomic E-state index is 14.3. The normalized spacial score (nSPS) is 16.0. The molecule has 1 saturated heterocycles. The van der Waals surface area contributed by atoms with E-state index in [-0.39, 0.29) is 17.8 Å². The van der Waals surface area contributed by atoms with Gasteiger partial charge in [-0.15, -0.1) is 10.2 Å². The van der Waals surface area contributed by atoms with E-state index in [2.05, 4.69) is 15.5 Å². The molecule has 1 fully saturated rings. The standard InChI is InChI=1S/C22H22Cl2FN5O/c1-13-10-19(18(25)11-17(13)24)26-22(31)29-9-3-4-20(29)21-28-27-14(2)30(21)12-15-5-7-16(23)8-6-15/h5-8,10-11,20H,3-4,9,12H2,1-2H3,(H,26,31)/t20-/m1/s1. The van der Waals surface area contributed by atoms with Gasteiger partial charge in [-0.25, -0.2) is 9.18 Å². The Labute approximate surface area is 190 Å². The molecule has 3 aromatic rings. The lowest BCUT2D eigenvalue weighted by Gasteiger charge is -2.25. The van der Waals surface area contributed by atoms with Crippen molar-refractivity contribution in [2.45, 2.75) is 39.3 Å². The maximum Gasteiger partial charge on any atom is 0.322 e. The van der Waals surface area contributed by atoms with Crippen molar-refractivity contribution in [2.75, 3.05) is 11.9 Å². The summed E-state index contributed by atoms with van der Waals surface area (Å²) in [6.45, 7) is 4.77. The molecule has 0 bridgehead atoms. The molecule has 4 rings (SSSR count). The van der Waals surface area contributed by atoms with E-state index >= 15 is 0 Å². The molecular formula is C22H22Cl2FN5O. The molecular weight excluding hydrogens is 440 g/mol. The van der Waals surface area contributed by atoms with E-state index in [1.54, 1.807) is 11.8 Å². The Morgan fingerprint density at radius 1 is 1.19 bits per heavy atom. The van der Waals surface area contributed by atoms with E-state index in [4.69, 9.17) is 23.2 Å². The number of carbonyl (C=O) groups excluding carboxylic acids is 1. The number of hydrogen-bond acceptors (Lipinski definition) is 3. The molecule has 0 unspecified atom stereocenters. The summed E-state index contributed by atoms with van der Waals surface area (Å²) < 4.78 is 16.3. The van der Waals surface area contributed by atoms with Gasteiger partial charge in [-0.1, -0.05) is 35.3 Å². The molecule has 162 valence electrons. The van der Waals surface area contributed by atoms with Gasteiger partial charge >= 0.3 is 6.03 Å². The zero-order valence-corrected chi connectivity index (χ0v) is 18.7. The summed E-state index contributed by atoms with van der Waals surface area (Å²) in [5, 5.41) is 12.3. The quantitative estimate of drug-likeness (QED) is 0.537. The SMILES string of the molecule is Cc1cc(NC(=O)N2CCC[C@@H]2c2nnc(C)n2Cc2ccc(Cl)cc2)c(F)cc1Cl. The van der Waals surface area contributed by atoms with Gasteiger partial charge < -0.3 is 14.8 Å². The Hall–Kier alpha value is -2.64. The van der Waals surface area contributed by atoms with Gasteiger partial charge in [0, 0.05) is 16.6 Å². The second-order valence-electron chi connectivity index (χ2n) is 7.68. The second-order valence-corrected chi connectivity index (χ2v) is 8.52. The van der Waals surface area contributed by atoms with Crippen molar-refractivity contribution >= 4 is 34.9 Å². The highest BCUT2D eigenvalue weighted by atomic mass is 35.5. The first-order chi connectivity index (χ1) is 14.8. The molecule has 1 aromatic heterocycles. The van der Waals surface area contributed by atoms with Crippen molar-refractivity contribution < 1.29 is 9.18 Å². The molecule has 1 aliphatic heterocycles. The third-order valence-corrected chi connectivity index (χ3v) is 6.18. The number of carbonyl (C=O) groups is 1. The van der Waals surface area contributed by atoms with E-state index < -0.39 is 5.82 Å². The molecule has 0 saturated carbocycles. The van der Waals surface area contributed by atoms with Crippen LogP contribution in [-0.2, 0) is 6.54 Å². The first-order valence-corrected chi connectivity index (χ1v) is 10.8. The van der Waals surface area contributed by atoms with E-state index in [0.717, 1.165) is 24.2 Å². The fraction of sp³-hybridized carbons (Fsp3) is 0.318. The van der Waals surface area contributed by atoms with Crippen molar-refractivity contribution in [1.29, 1.82) is 0 Å². The molecule has 31 heavy (non-hydrogen) atoms. The highest BCUT2D eigenvalue weighted by Gasteiger charge is 2.34. The minimum atomic E-state index is -0.568. The predicted octanol–water partition coefficient (Wildman–Crippen LogP) is 5.76. The number of urea groups is 1. The Morgan fingerprint density at radius 2 is 1.94 bits per heavy atom. The molecule has 1 atom stereocenters. The molecule has 0 aliphatic carbocycles. The second kappa shape index (κ2) is 8.85. The minimum Gasteiger partial charge on any atom is -0.314 e. The lowest BCUT2D eigenvalue weighted by molar-refractivity contribution is 0.203. The van der Waals surface area contributed by atoms with Crippen molar-refractivity contribution in [3.8, 4) is 0 Å². The number of likely N-dealkylation sites (tertiary alicyclic amines) is 1. The number of amides is 2. The van der Waals surface area contributed by atoms with Crippen LogP contribution in [0.2, 0.25) is 10.0 Å². The Balaban J connectivity index is 1.57. The highest BCUT2D eigenvalue weighted by molar-refractivity contribution is 6.31. The summed E-state index contributed by atoms with van der Waals surface area (Å²) in [7, 11) is 0. The van der Waals surface area contributed by atoms with Crippen LogP contribution in [0.5, 0.6) is 0 Å². The summed E-state index contributed by atoms with van der Waals surface area (Å²) in [6, 6.07) is 9.72. The molecule has 1 N–H and O–H groups in total. The van der Waals surface area contributed by atoms with Crippen molar-refractivity contribution in [1.82, 2.24) is 19.7 Å². The lowest BCUT2D eigenvalue weighted by atomic mass is 10.2. The van der Waals surface area contributed by atoms with Gasteiger partial charge in [0.1, 0.15) is 11.6 Å². The Bertz CT molecular complexity index is 1120. The van der Waals surface area contributed by atoms with Gasteiger partial charge in [0.05, 0.1) is 18.3 Å². The number of hydrogen-bond donors (Lipinski definition) is 1. The molecule has 0 radical (unpaired) electrons. The van der Waals surface area contributed by atoms with Crippen LogP contribution >= 0.6 is 23.2 Å². The van der Waals surface area contributed by atoms with Gasteiger partial charge in [-0.2, -0.15) is 0 Å². The third kappa shape index (κ3) is 4.52. The van der Waals surface area contributed by atoms with Crippen LogP contribution in [0.15, 0.2) is 36.4 Å². The van der Waals surface area contributed by atoms with Crippen LogP contribution in [0.4, 0.5) is 14.9 Å². The zero-order chi connectivity index (χ0) is 22.1. The van der Waals surface area contributed by atoms with Crippen LogP contribution in [0.1, 0.15) is 41.7 Å². The maximum atomic E-state index is 14.3. The number of benzene rings is 2. The Kier molecular flexibility index (Phi) is 6.16. The van der Waals surface area contributed by atoms with Gasteiger partial charge in [0.25, 0.3) is 0 Å². The van der Waals surface area contributed by atoms with Gasteiger partial charge in [0.2, 0.25) is 0 Å². The first kappa shape index (κ1) is 21.6. The number of nitrogens with one attached hydrogen (secondary N) is 1. The van der Waals surface area contributed by atoms with Gasteiger partial charge in [-0.05, 0) is 62.1 Å². The molecule has 2 amide bonds. The third-order valence-electron chi connectivity index (χ3n) is 5.52. The summed E-state index contributed by atoms with van der Waals surface area (Å²) in [5.41, 5.74) is 1.85. The van der Waals surface area contributed by atoms with Crippen molar-refractivity contribution in [3.05, 3.63) is 75.0 Å². The van der Waals surface area contributed by atoms with Gasteiger partial charge in [0.15, 0.2) is 5.82 Å². The van der Waals surface area contributed by atoms with Crippen LogP contribution in [0.25, 0.3) is 0 Å². The first-order valence-electron chi connectivity index (χ1n) is 10.0. The Morgan fingerprint density at radius 3 is 2.68 bits per heavy atom. The average molecular weight is 462 g/mol. The molecule has 2 aromatic carbocycles. The van der Waals surface area contributed by atoms with E-state index in [1.807, 2.05) is 35.8 Å². The average Bonchev–Trinajstić information content (AvgIpc) is 3.35. The van der Waals surface area contributed by atoms with Crippen LogP contribution in [0, 0.1) is 19.7 Å². The molecule has 9 heteroatoms. The van der Waals surface area contributed by atoms with E-state index in [9.17, 15) is 9.18 Å². The summed E-state index contributed by atoms with van der Waals surface area (Å²) in [5.74, 6) is 0.908. The van der Waals surface area contributed by atoms with Crippen LogP contribution in [-0.4, -0.2) is 32.2 Å². The largest absolute Gasteiger partial charge is 0.322 e. The molecule has 1 aliphatic rings. The topological polar surface area (TPSA) is 63.1 Å². The minimum absolute atomic E-state index is 0.108. The molecule has 0 spiro atoms. The number of aryl methyl sites for hydroxylation is 2. The highest BCUT2D eigenvalue weighted by Crippen LogP contribution is 2.33. The number of halogens is 3. The van der Waals surface area contributed by atoms with E-state index in [0.29, 0.717) is 34.5 Å². The van der Waals surface area contributed by atoms with Crippen LogP contribution in [0.3, 0.4) is 0 Å². The summed E-state index contributed by atoms with van der Waals surface area (Å²) in [4.78, 5) is 14.7. The van der Waals surface area contributed by atoms with Gasteiger partial charge in [-0.3, -0.25) is 0 Å². The molecule has 6 nitrogen and oxygen atoms in total. The fourth-order valence-corrected chi connectivity index (χ4v) is 4.11. The molecule has 2 heterocycles. The number of nitrogens with zero attached hydrogens (tertiary/aromatic N) is 4. The van der Waals surface area contributed by atoms with E-state index in [1.165, 1.54) is 12.1 Å². The summed E-state index contributed by atoms with van der Waals surface area (Å²) >= 11 is 12.0. The van der Waals surface area contributed by atoms with Crippen molar-refractivity contribution in [2.24, 2.45) is 0 Å². The van der Waals surface area contributed by atoms with Crippen LogP contribution < -0.4 is 5.32 Å². The summed E-state index contributed by atoms with van der Waals surface area (Å²) in [6.07, 6.45) is 1.58. The van der Waals surface area contributed by atoms with Crippen molar-refractivity contribution in [3.63, 3.8) is 0 Å². The number of aromatic nitrogens is 3. The number of anilines is 1. The number of rotatable bonds is 4.